The first kappa shape index (κ1) is 17.5. The summed E-state index contributed by atoms with van der Waals surface area (Å²) in [5, 5.41) is 19.2. The molecule has 2 nitrogen and oxygen atoms in total. The zero-order chi connectivity index (χ0) is 19.0. The summed E-state index contributed by atoms with van der Waals surface area (Å²) in [5.41, 5.74) is -7.69. The third kappa shape index (κ3) is 1.96. The average molecular weight is 374 g/mol. The number of alkyl halides is 1. The molecule has 0 fully saturated rings. The molecule has 25 heavy (non-hydrogen) atoms. The Kier molecular flexibility index (Phi) is 3.59. The van der Waals surface area contributed by atoms with Gasteiger partial charge in [0.1, 0.15) is 0 Å². The van der Waals surface area contributed by atoms with E-state index in [0.717, 1.165) is 0 Å². The van der Waals surface area contributed by atoms with Gasteiger partial charge in [0.25, 0.3) is 0 Å². The van der Waals surface area contributed by atoms with Crippen LogP contribution < -0.4 is 0 Å². The van der Waals surface area contributed by atoms with E-state index in [-0.39, 0.29) is 0 Å². The summed E-state index contributed by atoms with van der Waals surface area (Å²) in [6.07, 6.45) is -3.58. The summed E-state index contributed by atoms with van der Waals surface area (Å²) >= 11 is 0. The lowest BCUT2D eigenvalue weighted by molar-refractivity contribution is -0.220. The maximum Gasteiger partial charge on any atom is 0.230 e. The van der Waals surface area contributed by atoms with Crippen molar-refractivity contribution in [2.45, 2.75) is 12.0 Å². The van der Waals surface area contributed by atoms with E-state index in [9.17, 15) is 49.7 Å². The summed E-state index contributed by atoms with van der Waals surface area (Å²) in [4.78, 5) is 0. The van der Waals surface area contributed by atoms with Crippen molar-refractivity contribution in [1.82, 2.24) is 0 Å². The van der Waals surface area contributed by atoms with Gasteiger partial charge in [-0.15, -0.1) is 0 Å². The molecule has 0 spiro atoms. The van der Waals surface area contributed by atoms with E-state index in [1.54, 1.807) is 0 Å². The molecule has 134 valence electrons. The second-order valence-corrected chi connectivity index (χ2v) is 5.14. The van der Waals surface area contributed by atoms with Crippen LogP contribution in [0.3, 0.4) is 0 Å². The zero-order valence-corrected chi connectivity index (χ0v) is 11.4. The van der Waals surface area contributed by atoms with Crippen LogP contribution in [-0.2, 0) is 5.79 Å². The topological polar surface area (TPSA) is 40.5 Å². The lowest BCUT2D eigenvalue weighted by Crippen LogP contribution is -2.38. The van der Waals surface area contributed by atoms with E-state index in [1.807, 2.05) is 0 Å². The van der Waals surface area contributed by atoms with Crippen LogP contribution >= 0.6 is 0 Å². The molecule has 11 heteroatoms. The molecule has 2 aromatic carbocycles. The predicted octanol–water partition coefficient (Wildman–Crippen LogP) is 3.63. The summed E-state index contributed by atoms with van der Waals surface area (Å²) < 4.78 is 123. The summed E-state index contributed by atoms with van der Waals surface area (Å²) in [6.45, 7) is 0. The SMILES string of the molecule is OC1(O)c2c(F)c(F)c(F)c(F)c2-c2c(F)c(F)c(F)c(F)c2C1F. The Morgan fingerprint density at radius 1 is 0.560 bits per heavy atom. The smallest absolute Gasteiger partial charge is 0.230 e. The van der Waals surface area contributed by atoms with Crippen molar-refractivity contribution >= 4 is 0 Å². The molecule has 3 rings (SSSR count). The van der Waals surface area contributed by atoms with Gasteiger partial charge >= 0.3 is 0 Å². The number of halogens is 9. The molecule has 1 aliphatic carbocycles. The first-order valence-corrected chi connectivity index (χ1v) is 6.25. The number of rotatable bonds is 0. The van der Waals surface area contributed by atoms with Crippen molar-refractivity contribution < 1.29 is 49.7 Å². The summed E-state index contributed by atoms with van der Waals surface area (Å²) in [7, 11) is 0. The lowest BCUT2D eigenvalue weighted by Gasteiger charge is -2.35. The van der Waals surface area contributed by atoms with Crippen LogP contribution in [0.5, 0.6) is 0 Å². The number of benzene rings is 2. The molecular formula is C14H3F9O2. The number of hydrogen-bond acceptors (Lipinski definition) is 2. The molecule has 1 unspecified atom stereocenters. The number of fused-ring (bicyclic) bond motifs is 3. The van der Waals surface area contributed by atoms with Gasteiger partial charge in [0.05, 0.1) is 5.56 Å². The van der Waals surface area contributed by atoms with Gasteiger partial charge in [-0.3, -0.25) is 0 Å². The third-order valence-corrected chi connectivity index (χ3v) is 3.80. The first-order valence-electron chi connectivity index (χ1n) is 6.25. The Labute approximate surface area is 131 Å². The monoisotopic (exact) mass is 374 g/mol. The fourth-order valence-corrected chi connectivity index (χ4v) is 2.67. The van der Waals surface area contributed by atoms with Gasteiger partial charge in [-0.1, -0.05) is 0 Å². The molecule has 0 amide bonds. The van der Waals surface area contributed by atoms with Gasteiger partial charge in [0.2, 0.25) is 5.79 Å². The molecule has 0 aliphatic heterocycles. The number of aliphatic hydroxyl groups is 2. The third-order valence-electron chi connectivity index (χ3n) is 3.80. The van der Waals surface area contributed by atoms with Crippen molar-refractivity contribution in [2.75, 3.05) is 0 Å². The molecule has 0 bridgehead atoms. The van der Waals surface area contributed by atoms with E-state index in [2.05, 4.69) is 0 Å². The highest BCUT2D eigenvalue weighted by atomic mass is 19.2. The van der Waals surface area contributed by atoms with Gasteiger partial charge in [-0.2, -0.15) is 0 Å². The van der Waals surface area contributed by atoms with Gasteiger partial charge < -0.3 is 10.2 Å². The van der Waals surface area contributed by atoms with Crippen LogP contribution in [0.25, 0.3) is 11.1 Å². The van der Waals surface area contributed by atoms with Gasteiger partial charge in [0.15, 0.2) is 52.7 Å². The van der Waals surface area contributed by atoms with Gasteiger partial charge in [0, 0.05) is 16.7 Å². The van der Waals surface area contributed by atoms with E-state index in [1.165, 1.54) is 0 Å². The predicted molar refractivity (Wildman–Crippen MR) is 61.5 cm³/mol. The molecule has 0 heterocycles. The van der Waals surface area contributed by atoms with E-state index in [4.69, 9.17) is 0 Å². The number of hydrogen-bond donors (Lipinski definition) is 2. The van der Waals surface area contributed by atoms with Crippen molar-refractivity contribution in [3.05, 3.63) is 57.7 Å². The fraction of sp³-hybridized carbons (Fsp3) is 0.143. The van der Waals surface area contributed by atoms with Crippen molar-refractivity contribution in [2.24, 2.45) is 0 Å². The Morgan fingerprint density at radius 2 is 0.960 bits per heavy atom. The normalized spacial score (nSPS) is 18.1. The summed E-state index contributed by atoms with van der Waals surface area (Å²) in [5.74, 6) is -24.6. The van der Waals surface area contributed by atoms with Crippen molar-refractivity contribution in [3.8, 4) is 11.1 Å². The molecule has 1 atom stereocenters. The quantitative estimate of drug-likeness (QED) is 0.320. The highest BCUT2D eigenvalue weighted by Crippen LogP contribution is 2.53. The van der Waals surface area contributed by atoms with Crippen molar-refractivity contribution in [1.29, 1.82) is 0 Å². The highest BCUT2D eigenvalue weighted by molar-refractivity contribution is 5.77. The first-order chi connectivity index (χ1) is 11.4. The second-order valence-electron chi connectivity index (χ2n) is 5.14. The van der Waals surface area contributed by atoms with Crippen LogP contribution in [0.1, 0.15) is 17.3 Å². The minimum atomic E-state index is -4.24. The average Bonchev–Trinajstić information content (AvgIpc) is 2.56. The standard InChI is InChI=1S/C14H3F9O2/c15-5-1-2-4(8(18)12(22)10(20)6(2)16)14(24,25)13(23)3(1)7(17)11(21)9(5)19/h13,24-25H. The van der Waals surface area contributed by atoms with Gasteiger partial charge in [-0.05, 0) is 0 Å². The lowest BCUT2D eigenvalue weighted by atomic mass is 9.78. The molecule has 0 radical (unpaired) electrons. The Hall–Kier alpha value is -2.27. The van der Waals surface area contributed by atoms with Crippen LogP contribution in [0.15, 0.2) is 0 Å². The Bertz CT molecular complexity index is 939. The van der Waals surface area contributed by atoms with Crippen LogP contribution in [0, 0.1) is 46.5 Å². The van der Waals surface area contributed by atoms with E-state index >= 15 is 0 Å². The van der Waals surface area contributed by atoms with Crippen LogP contribution in [0.4, 0.5) is 39.5 Å². The molecular weight excluding hydrogens is 371 g/mol. The maximum atomic E-state index is 14.2. The Morgan fingerprint density at radius 3 is 1.48 bits per heavy atom. The highest BCUT2D eigenvalue weighted by Gasteiger charge is 2.53. The minimum Gasteiger partial charge on any atom is -0.359 e. The van der Waals surface area contributed by atoms with Crippen LogP contribution in [-0.4, -0.2) is 10.2 Å². The van der Waals surface area contributed by atoms with Crippen LogP contribution in [0.2, 0.25) is 0 Å². The Balaban J connectivity index is 2.65. The molecule has 0 saturated carbocycles. The molecule has 0 saturated heterocycles. The van der Waals surface area contributed by atoms with Gasteiger partial charge in [-0.25, -0.2) is 39.5 Å². The van der Waals surface area contributed by atoms with E-state index < -0.39 is 80.8 Å². The largest absolute Gasteiger partial charge is 0.359 e. The summed E-state index contributed by atoms with van der Waals surface area (Å²) in [6, 6.07) is 0. The van der Waals surface area contributed by atoms with E-state index in [0.29, 0.717) is 0 Å². The fourth-order valence-electron chi connectivity index (χ4n) is 2.67. The molecule has 2 N–H and O–H groups in total. The second kappa shape index (κ2) is 5.11. The molecule has 1 aliphatic rings. The maximum absolute atomic E-state index is 14.2. The van der Waals surface area contributed by atoms with Crippen molar-refractivity contribution in [3.63, 3.8) is 0 Å². The zero-order valence-electron chi connectivity index (χ0n) is 11.4. The molecule has 2 aromatic rings. The minimum absolute atomic E-state index is 1.84. The molecule has 0 aromatic heterocycles.